The van der Waals surface area contributed by atoms with Crippen molar-refractivity contribution in [3.05, 3.63) is 59.2 Å². The molecule has 0 saturated heterocycles. The van der Waals surface area contributed by atoms with Crippen molar-refractivity contribution in [1.29, 1.82) is 0 Å². The van der Waals surface area contributed by atoms with Gasteiger partial charge in [-0.15, -0.1) is 0 Å². The molecule has 1 N–H and O–H groups in total. The van der Waals surface area contributed by atoms with E-state index >= 15 is 0 Å². The Morgan fingerprint density at radius 1 is 1.24 bits per heavy atom. The zero-order valence-electron chi connectivity index (χ0n) is 11.9. The summed E-state index contributed by atoms with van der Waals surface area (Å²) in [5.41, 5.74) is 2.87. The lowest BCUT2D eigenvalue weighted by Gasteiger charge is -2.16. The van der Waals surface area contributed by atoms with Crippen LogP contribution >= 0.6 is 0 Å². The summed E-state index contributed by atoms with van der Waals surface area (Å²) in [4.78, 5) is 14.1. The minimum Gasteiger partial charge on any atom is -0.508 e. The zero-order valence-corrected chi connectivity index (χ0v) is 11.9. The predicted molar refractivity (Wildman–Crippen MR) is 79.5 cm³/mol. The molecular weight excluding hydrogens is 266 g/mol. The molecule has 108 valence electrons. The molecule has 0 spiro atoms. The quantitative estimate of drug-likeness (QED) is 0.938. The third-order valence-electron chi connectivity index (χ3n) is 3.82. The van der Waals surface area contributed by atoms with Crippen molar-refractivity contribution in [2.45, 2.75) is 13.0 Å². The van der Waals surface area contributed by atoms with Crippen molar-refractivity contribution in [3.8, 4) is 11.5 Å². The van der Waals surface area contributed by atoms with Gasteiger partial charge in [-0.3, -0.25) is 4.79 Å². The van der Waals surface area contributed by atoms with Gasteiger partial charge in [-0.05, 0) is 29.7 Å². The number of phenols is 1. The summed E-state index contributed by atoms with van der Waals surface area (Å²) in [7, 11) is 1.58. The molecule has 0 fully saturated rings. The van der Waals surface area contributed by atoms with Gasteiger partial charge in [0, 0.05) is 24.7 Å². The van der Waals surface area contributed by atoms with E-state index in [0.29, 0.717) is 25.3 Å². The minimum atomic E-state index is 0.0864. The summed E-state index contributed by atoms with van der Waals surface area (Å²) >= 11 is 0. The summed E-state index contributed by atoms with van der Waals surface area (Å²) < 4.78 is 5.27. The molecule has 21 heavy (non-hydrogen) atoms. The van der Waals surface area contributed by atoms with Crippen LogP contribution in [-0.2, 0) is 13.0 Å². The molecule has 0 bridgehead atoms. The van der Waals surface area contributed by atoms with Gasteiger partial charge in [0.25, 0.3) is 5.91 Å². The first-order chi connectivity index (χ1) is 10.2. The number of nitrogens with zero attached hydrogens (tertiary/aromatic N) is 1. The number of fused-ring (bicyclic) bond motifs is 1. The average molecular weight is 283 g/mol. The number of aromatic hydroxyl groups is 1. The highest BCUT2D eigenvalue weighted by atomic mass is 16.5. The monoisotopic (exact) mass is 283 g/mol. The van der Waals surface area contributed by atoms with E-state index in [1.54, 1.807) is 19.2 Å². The Morgan fingerprint density at radius 3 is 2.81 bits per heavy atom. The normalized spacial score (nSPS) is 13.4. The number of benzene rings is 2. The van der Waals surface area contributed by atoms with Gasteiger partial charge in [-0.25, -0.2) is 0 Å². The van der Waals surface area contributed by atoms with Gasteiger partial charge in [-0.1, -0.05) is 24.3 Å². The molecule has 1 aliphatic rings. The highest BCUT2D eigenvalue weighted by Gasteiger charge is 2.26. The lowest BCUT2D eigenvalue weighted by atomic mass is 10.1. The SMILES string of the molecule is COc1cc(O)ccc1CCN1Cc2ccccc2C1=O. The van der Waals surface area contributed by atoms with Gasteiger partial charge >= 0.3 is 0 Å². The highest BCUT2D eigenvalue weighted by molar-refractivity contribution is 5.98. The first-order valence-corrected chi connectivity index (χ1v) is 6.92. The molecule has 3 rings (SSSR count). The molecule has 4 nitrogen and oxygen atoms in total. The van der Waals surface area contributed by atoms with Crippen LogP contribution in [0.4, 0.5) is 0 Å². The number of amides is 1. The van der Waals surface area contributed by atoms with E-state index in [2.05, 4.69) is 0 Å². The molecule has 1 amide bonds. The van der Waals surface area contributed by atoms with Crippen LogP contribution < -0.4 is 4.74 Å². The maximum Gasteiger partial charge on any atom is 0.254 e. The van der Waals surface area contributed by atoms with Gasteiger partial charge < -0.3 is 14.7 Å². The molecule has 1 aliphatic heterocycles. The first-order valence-electron chi connectivity index (χ1n) is 6.92. The first kappa shape index (κ1) is 13.5. The number of methoxy groups -OCH3 is 1. The Labute approximate surface area is 123 Å². The van der Waals surface area contributed by atoms with Crippen molar-refractivity contribution in [3.63, 3.8) is 0 Å². The molecule has 0 atom stereocenters. The Bertz CT molecular complexity index is 681. The molecule has 2 aromatic carbocycles. The van der Waals surface area contributed by atoms with Crippen molar-refractivity contribution in [1.82, 2.24) is 4.90 Å². The Kier molecular flexibility index (Phi) is 3.52. The molecule has 0 aromatic heterocycles. The highest BCUT2D eigenvalue weighted by Crippen LogP contribution is 2.26. The Morgan fingerprint density at radius 2 is 2.05 bits per heavy atom. The molecular formula is C17H17NO3. The molecule has 0 unspecified atom stereocenters. The second kappa shape index (κ2) is 5.48. The summed E-state index contributed by atoms with van der Waals surface area (Å²) in [6.07, 6.45) is 0.698. The van der Waals surface area contributed by atoms with E-state index in [1.165, 1.54) is 0 Å². The smallest absolute Gasteiger partial charge is 0.254 e. The zero-order chi connectivity index (χ0) is 14.8. The van der Waals surface area contributed by atoms with E-state index in [1.807, 2.05) is 35.2 Å². The van der Waals surface area contributed by atoms with Crippen LogP contribution in [0.5, 0.6) is 11.5 Å². The molecule has 0 aliphatic carbocycles. The topological polar surface area (TPSA) is 49.8 Å². The average Bonchev–Trinajstić information content (AvgIpc) is 2.83. The van der Waals surface area contributed by atoms with Crippen molar-refractivity contribution in [2.75, 3.05) is 13.7 Å². The van der Waals surface area contributed by atoms with Gasteiger partial charge in [0.1, 0.15) is 11.5 Å². The van der Waals surface area contributed by atoms with Crippen molar-refractivity contribution >= 4 is 5.91 Å². The maximum absolute atomic E-state index is 12.3. The molecule has 0 radical (unpaired) electrons. The third-order valence-corrected chi connectivity index (χ3v) is 3.82. The van der Waals surface area contributed by atoms with Crippen LogP contribution in [-0.4, -0.2) is 29.6 Å². The molecule has 1 heterocycles. The summed E-state index contributed by atoms with van der Waals surface area (Å²) in [6.45, 7) is 1.30. The van der Waals surface area contributed by atoms with Gasteiger partial charge in [-0.2, -0.15) is 0 Å². The fourth-order valence-corrected chi connectivity index (χ4v) is 2.69. The fourth-order valence-electron chi connectivity index (χ4n) is 2.69. The van der Waals surface area contributed by atoms with Gasteiger partial charge in [0.15, 0.2) is 0 Å². The second-order valence-corrected chi connectivity index (χ2v) is 5.13. The molecule has 2 aromatic rings. The molecule has 0 saturated carbocycles. The van der Waals surface area contributed by atoms with Gasteiger partial charge in [0.2, 0.25) is 0 Å². The summed E-state index contributed by atoms with van der Waals surface area (Å²) in [5, 5.41) is 9.46. The van der Waals surface area contributed by atoms with Crippen LogP contribution in [0.15, 0.2) is 42.5 Å². The second-order valence-electron chi connectivity index (χ2n) is 5.13. The van der Waals surface area contributed by atoms with Crippen LogP contribution in [0.2, 0.25) is 0 Å². The van der Waals surface area contributed by atoms with E-state index in [9.17, 15) is 9.90 Å². The standard InChI is InChI=1S/C17H17NO3/c1-21-16-10-14(19)7-6-12(16)8-9-18-11-13-4-2-3-5-15(13)17(18)20/h2-7,10,19H,8-9,11H2,1H3. The number of rotatable bonds is 4. The minimum absolute atomic E-state index is 0.0864. The third kappa shape index (κ3) is 2.57. The maximum atomic E-state index is 12.3. The van der Waals surface area contributed by atoms with E-state index < -0.39 is 0 Å². The van der Waals surface area contributed by atoms with Crippen LogP contribution in [0.1, 0.15) is 21.5 Å². The van der Waals surface area contributed by atoms with Crippen LogP contribution in [0, 0.1) is 0 Å². The Balaban J connectivity index is 1.71. The van der Waals surface area contributed by atoms with E-state index in [-0.39, 0.29) is 11.7 Å². The largest absolute Gasteiger partial charge is 0.508 e. The van der Waals surface area contributed by atoms with E-state index in [4.69, 9.17) is 4.74 Å². The van der Waals surface area contributed by atoms with Crippen molar-refractivity contribution < 1.29 is 14.6 Å². The predicted octanol–water partition coefficient (Wildman–Crippen LogP) is 2.60. The number of ether oxygens (including phenoxy) is 1. The van der Waals surface area contributed by atoms with Crippen LogP contribution in [0.25, 0.3) is 0 Å². The number of hydrogen-bond acceptors (Lipinski definition) is 3. The molecule has 4 heteroatoms. The van der Waals surface area contributed by atoms with Crippen LogP contribution in [0.3, 0.4) is 0 Å². The number of hydrogen-bond donors (Lipinski definition) is 1. The number of carbonyl (C=O) groups excluding carboxylic acids is 1. The van der Waals surface area contributed by atoms with E-state index in [0.717, 1.165) is 16.7 Å². The summed E-state index contributed by atoms with van der Waals surface area (Å²) in [5.74, 6) is 0.919. The fraction of sp³-hybridized carbons (Fsp3) is 0.235. The van der Waals surface area contributed by atoms with Crippen molar-refractivity contribution in [2.24, 2.45) is 0 Å². The lowest BCUT2D eigenvalue weighted by Crippen LogP contribution is -2.26. The Hall–Kier alpha value is -2.49. The number of phenolic OH excluding ortho intramolecular Hbond substituents is 1. The number of carbonyl (C=O) groups is 1. The summed E-state index contributed by atoms with van der Waals surface area (Å²) in [6, 6.07) is 12.8. The lowest BCUT2D eigenvalue weighted by molar-refractivity contribution is 0.0780. The van der Waals surface area contributed by atoms with Gasteiger partial charge in [0.05, 0.1) is 7.11 Å².